The molecule has 0 saturated carbocycles. The van der Waals surface area contributed by atoms with E-state index in [4.69, 9.17) is 17.0 Å². The van der Waals surface area contributed by atoms with Crippen LogP contribution in [0.15, 0.2) is 59.8 Å². The minimum atomic E-state index is -0.435. The highest BCUT2D eigenvalue weighted by Crippen LogP contribution is 2.31. The van der Waals surface area contributed by atoms with Crippen LogP contribution in [0.1, 0.15) is 31.0 Å². The van der Waals surface area contributed by atoms with E-state index in [2.05, 4.69) is 16.0 Å². The number of hydrogen-bond acceptors (Lipinski definition) is 4. The molecule has 2 aromatic carbocycles. The fourth-order valence-electron chi connectivity index (χ4n) is 3.45. The van der Waals surface area contributed by atoms with Crippen LogP contribution in [0.2, 0.25) is 0 Å². The van der Waals surface area contributed by atoms with E-state index in [1.807, 2.05) is 50.2 Å². The number of allylic oxidation sites excluding steroid dienone is 1. The van der Waals surface area contributed by atoms with Gasteiger partial charge in [-0.05, 0) is 54.9 Å². The zero-order valence-electron chi connectivity index (χ0n) is 18.0. The van der Waals surface area contributed by atoms with Crippen molar-refractivity contribution >= 4 is 40.7 Å². The number of nitrogens with zero attached hydrogens (tertiary/aromatic N) is 1. The number of nitrogens with one attached hydrogen (secondary N) is 3. The highest BCUT2D eigenvalue weighted by atomic mass is 32.1. The molecular formula is C23H26N4O3S. The Morgan fingerprint density at radius 3 is 2.45 bits per heavy atom. The summed E-state index contributed by atoms with van der Waals surface area (Å²) in [4.78, 5) is 26.6. The van der Waals surface area contributed by atoms with Gasteiger partial charge in [-0.3, -0.25) is 0 Å². The molecule has 0 fully saturated rings. The molecule has 3 rings (SSSR count). The molecule has 0 aromatic heterocycles. The van der Waals surface area contributed by atoms with Crippen LogP contribution in [-0.4, -0.2) is 36.2 Å². The number of thiocarbonyl (C=S) groups is 1. The Balaban J connectivity index is 1.77. The van der Waals surface area contributed by atoms with Crippen LogP contribution in [0.3, 0.4) is 0 Å². The fraction of sp³-hybridized carbons (Fsp3) is 0.261. The van der Waals surface area contributed by atoms with Crippen molar-refractivity contribution < 1.29 is 14.3 Å². The molecule has 2 aromatic rings. The fourth-order valence-corrected chi connectivity index (χ4v) is 3.71. The Labute approximate surface area is 187 Å². The number of aryl methyl sites for hydroxylation is 1. The minimum Gasteiger partial charge on any atom is -0.466 e. The number of rotatable bonds is 5. The Morgan fingerprint density at radius 1 is 1.13 bits per heavy atom. The van der Waals surface area contributed by atoms with Crippen LogP contribution >= 0.6 is 12.2 Å². The molecule has 8 heteroatoms. The highest BCUT2D eigenvalue weighted by molar-refractivity contribution is 7.80. The summed E-state index contributed by atoms with van der Waals surface area (Å²) in [5.74, 6) is -0.416. The maximum Gasteiger partial charge on any atom is 0.337 e. The molecule has 1 heterocycles. The van der Waals surface area contributed by atoms with Crippen molar-refractivity contribution in [1.82, 2.24) is 10.2 Å². The maximum atomic E-state index is 12.4. The second-order valence-electron chi connectivity index (χ2n) is 7.14. The van der Waals surface area contributed by atoms with Crippen molar-refractivity contribution in [2.75, 3.05) is 24.8 Å². The smallest absolute Gasteiger partial charge is 0.337 e. The summed E-state index contributed by atoms with van der Waals surface area (Å²) in [6.07, 6.45) is 0.825. The van der Waals surface area contributed by atoms with Crippen LogP contribution in [0.4, 0.5) is 16.2 Å². The number of carbonyl (C=O) groups excluding carboxylic acids is 2. The first kappa shape index (κ1) is 22.3. The zero-order valence-corrected chi connectivity index (χ0v) is 18.8. The number of methoxy groups -OCH3 is 1. The molecule has 1 aliphatic rings. The van der Waals surface area contributed by atoms with Crippen LogP contribution < -0.4 is 16.0 Å². The average Bonchev–Trinajstić information content (AvgIpc) is 2.77. The summed E-state index contributed by atoms with van der Waals surface area (Å²) < 4.78 is 4.98. The molecule has 0 unspecified atom stereocenters. The summed E-state index contributed by atoms with van der Waals surface area (Å²) in [6.45, 7) is 3.87. The number of ether oxygens (including phenoxy) is 1. The van der Waals surface area contributed by atoms with Gasteiger partial charge in [0.2, 0.25) is 0 Å². The van der Waals surface area contributed by atoms with Crippen molar-refractivity contribution in [3.8, 4) is 0 Å². The zero-order chi connectivity index (χ0) is 22.5. The second-order valence-corrected chi connectivity index (χ2v) is 7.53. The summed E-state index contributed by atoms with van der Waals surface area (Å²) in [6, 6.07) is 14.2. The molecule has 0 radical (unpaired) electrons. The van der Waals surface area contributed by atoms with E-state index in [0.29, 0.717) is 16.4 Å². The van der Waals surface area contributed by atoms with Crippen molar-refractivity contribution in [2.24, 2.45) is 0 Å². The van der Waals surface area contributed by atoms with Crippen molar-refractivity contribution in [3.63, 3.8) is 0 Å². The van der Waals surface area contributed by atoms with Gasteiger partial charge in [0, 0.05) is 24.1 Å². The molecule has 3 N–H and O–H groups in total. The summed E-state index contributed by atoms with van der Waals surface area (Å²) >= 11 is 5.39. The lowest BCUT2D eigenvalue weighted by atomic mass is 9.95. The first-order valence-electron chi connectivity index (χ1n) is 9.94. The largest absolute Gasteiger partial charge is 0.466 e. The minimum absolute atomic E-state index is 0.321. The maximum absolute atomic E-state index is 12.4. The van der Waals surface area contributed by atoms with Gasteiger partial charge >= 0.3 is 12.0 Å². The topological polar surface area (TPSA) is 82.7 Å². The quantitative estimate of drug-likeness (QED) is 0.479. The van der Waals surface area contributed by atoms with Gasteiger partial charge in [0.05, 0.1) is 18.7 Å². The molecule has 0 aliphatic carbocycles. The summed E-state index contributed by atoms with van der Waals surface area (Å²) in [5.41, 5.74) is 4.54. The molecule has 1 aliphatic heterocycles. The lowest BCUT2D eigenvalue weighted by molar-refractivity contribution is -0.136. The average molecular weight is 439 g/mol. The third kappa shape index (κ3) is 4.86. The van der Waals surface area contributed by atoms with E-state index in [1.165, 1.54) is 7.11 Å². The monoisotopic (exact) mass is 438 g/mol. The van der Waals surface area contributed by atoms with Gasteiger partial charge < -0.3 is 25.6 Å². The van der Waals surface area contributed by atoms with Crippen LogP contribution in [0, 0.1) is 0 Å². The van der Waals surface area contributed by atoms with E-state index in [-0.39, 0.29) is 6.03 Å². The first-order valence-corrected chi connectivity index (χ1v) is 10.4. The van der Waals surface area contributed by atoms with E-state index >= 15 is 0 Å². The van der Waals surface area contributed by atoms with Crippen molar-refractivity contribution in [3.05, 3.63) is 70.9 Å². The van der Waals surface area contributed by atoms with Crippen molar-refractivity contribution in [1.29, 1.82) is 0 Å². The first-order chi connectivity index (χ1) is 14.8. The van der Waals surface area contributed by atoms with Gasteiger partial charge in [-0.1, -0.05) is 37.3 Å². The lowest BCUT2D eigenvalue weighted by Crippen LogP contribution is -2.46. The van der Waals surface area contributed by atoms with Crippen molar-refractivity contribution in [2.45, 2.75) is 26.3 Å². The van der Waals surface area contributed by atoms with E-state index in [1.54, 1.807) is 24.1 Å². The molecular weight excluding hydrogens is 412 g/mol. The lowest BCUT2D eigenvalue weighted by Gasteiger charge is -2.35. The number of hydrogen-bond donors (Lipinski definition) is 3. The van der Waals surface area contributed by atoms with Gasteiger partial charge in [0.15, 0.2) is 5.11 Å². The second kappa shape index (κ2) is 9.61. The molecule has 2 amide bonds. The van der Waals surface area contributed by atoms with Crippen LogP contribution in [0.25, 0.3) is 0 Å². The Kier molecular flexibility index (Phi) is 6.91. The Bertz CT molecular complexity index is 1030. The summed E-state index contributed by atoms with van der Waals surface area (Å²) in [7, 11) is 3.15. The number of esters is 1. The third-order valence-corrected chi connectivity index (χ3v) is 5.70. The van der Waals surface area contributed by atoms with Gasteiger partial charge in [-0.15, -0.1) is 0 Å². The van der Waals surface area contributed by atoms with Crippen LogP contribution in [0.5, 0.6) is 0 Å². The SMILES string of the molecule is CCc1ccccc1NC(=O)Nc1ccc([C@@H]2NC(=S)N(C)C(C)=C2C(=O)OC)cc1. The normalized spacial score (nSPS) is 15.9. The molecule has 0 spiro atoms. The number of anilines is 2. The molecule has 0 bridgehead atoms. The number of urea groups is 1. The number of para-hydroxylation sites is 1. The molecule has 1 atom stereocenters. The Hall–Kier alpha value is -3.39. The van der Waals surface area contributed by atoms with Gasteiger partial charge in [-0.2, -0.15) is 0 Å². The predicted molar refractivity (Wildman–Crippen MR) is 126 cm³/mol. The van der Waals surface area contributed by atoms with Gasteiger partial charge in [-0.25, -0.2) is 9.59 Å². The van der Waals surface area contributed by atoms with E-state index in [9.17, 15) is 9.59 Å². The van der Waals surface area contributed by atoms with Gasteiger partial charge in [0.1, 0.15) is 0 Å². The molecule has 162 valence electrons. The Morgan fingerprint density at radius 2 is 1.81 bits per heavy atom. The number of carbonyl (C=O) groups is 2. The molecule has 0 saturated heterocycles. The van der Waals surface area contributed by atoms with Gasteiger partial charge in [0.25, 0.3) is 0 Å². The number of amides is 2. The molecule has 31 heavy (non-hydrogen) atoms. The standard InChI is InChI=1S/C23H26N4O3S/c1-5-15-8-6-7-9-18(15)25-22(29)24-17-12-10-16(11-13-17)20-19(21(28)30-4)14(2)27(3)23(31)26-20/h6-13,20H,5H2,1-4H3,(H,26,31)(H2,24,25,29)/t20-/m0/s1. The van der Waals surface area contributed by atoms with E-state index < -0.39 is 12.0 Å². The molecule has 7 nitrogen and oxygen atoms in total. The van der Waals surface area contributed by atoms with E-state index in [0.717, 1.165) is 28.9 Å². The third-order valence-electron chi connectivity index (χ3n) is 5.31. The predicted octanol–water partition coefficient (Wildman–Crippen LogP) is 4.20. The number of benzene rings is 2. The highest BCUT2D eigenvalue weighted by Gasteiger charge is 2.33. The summed E-state index contributed by atoms with van der Waals surface area (Å²) in [5, 5.41) is 9.42. The van der Waals surface area contributed by atoms with Crippen LogP contribution in [-0.2, 0) is 16.0 Å².